The topological polar surface area (TPSA) is 876 Å². The molecule has 0 rings (SSSR count). The lowest BCUT2D eigenvalue weighted by Crippen LogP contribution is -2.60. The SMILES string of the molecule is NC(N)=NCCC[C@@H](N)C(=O)N[C@@H](CCCN=C(N)N)C(=O)N[C@@H](CCCN=C(N)N)C(=O)N[C@@H](CCCN=C(N)N)C(=O)N[C@H](CCCN=C(N)N)C(=O)N[C@@H](CCCN=C(N)N)C(=O)N[C@@H](CCCN=C(N)N)C(=O)N[C@@H](CCCN=C(N)N)C(=O)N[C@H](CCCN=C(N)N)C(=O)O. The first-order valence-electron chi connectivity index (χ1n) is 32.0. The van der Waals surface area contributed by atoms with Crippen molar-refractivity contribution in [3.8, 4) is 0 Å². The van der Waals surface area contributed by atoms with Crippen LogP contribution in [0.3, 0.4) is 0 Å². The average Bonchev–Trinajstić information content (AvgIpc) is 0.866. The van der Waals surface area contributed by atoms with E-state index in [9.17, 15) is 48.3 Å². The van der Waals surface area contributed by atoms with Gasteiger partial charge in [0.25, 0.3) is 0 Å². The van der Waals surface area contributed by atoms with Crippen molar-refractivity contribution >= 4 is 107 Å². The number of guanidine groups is 9. The van der Waals surface area contributed by atoms with E-state index in [4.69, 9.17) is 109 Å². The minimum atomic E-state index is -1.57. The molecule has 46 nitrogen and oxygen atoms in total. The zero-order valence-corrected chi connectivity index (χ0v) is 56.4. The molecule has 0 spiro atoms. The van der Waals surface area contributed by atoms with Crippen LogP contribution in [0, 0.1) is 0 Å². The second-order valence-electron chi connectivity index (χ2n) is 22.5. The Balaban J connectivity index is 7.75. The number of hydrogen-bond donors (Lipinski definition) is 28. The summed E-state index contributed by atoms with van der Waals surface area (Å²) in [6.07, 6.45) is -0.458. The zero-order chi connectivity index (χ0) is 75.7. The van der Waals surface area contributed by atoms with Gasteiger partial charge < -0.3 is 157 Å². The molecule has 0 radical (unpaired) electrons. The molecule has 0 saturated carbocycles. The van der Waals surface area contributed by atoms with Crippen molar-refractivity contribution in [3.05, 3.63) is 0 Å². The van der Waals surface area contributed by atoms with E-state index in [-0.39, 0.29) is 222 Å². The molecule has 100 heavy (non-hydrogen) atoms. The third kappa shape index (κ3) is 44.4. The molecule has 0 aliphatic rings. The molecule has 0 aromatic carbocycles. The number of nitrogens with one attached hydrogen (secondary N) is 8. The molecule has 0 heterocycles. The van der Waals surface area contributed by atoms with Crippen molar-refractivity contribution in [1.82, 2.24) is 42.5 Å². The van der Waals surface area contributed by atoms with Crippen molar-refractivity contribution in [1.29, 1.82) is 0 Å². The summed E-state index contributed by atoms with van der Waals surface area (Å²) < 4.78 is 0. The van der Waals surface area contributed by atoms with E-state index in [0.29, 0.717) is 6.42 Å². The van der Waals surface area contributed by atoms with Gasteiger partial charge in [0.05, 0.1) is 6.04 Å². The summed E-state index contributed by atoms with van der Waals surface area (Å²) in [5, 5.41) is 30.8. The number of carboxylic acids is 1. The van der Waals surface area contributed by atoms with Crippen LogP contribution in [-0.4, -0.2) is 225 Å². The maximum atomic E-state index is 14.8. The molecule has 0 fully saturated rings. The van der Waals surface area contributed by atoms with E-state index in [0.717, 1.165) is 0 Å². The van der Waals surface area contributed by atoms with Gasteiger partial charge in [-0.2, -0.15) is 0 Å². The Kier molecular flexibility index (Phi) is 45.1. The third-order valence-electron chi connectivity index (χ3n) is 13.9. The molecule has 0 bridgehead atoms. The largest absolute Gasteiger partial charge is 0.480 e. The van der Waals surface area contributed by atoms with E-state index >= 15 is 0 Å². The predicted octanol–water partition coefficient (Wildman–Crippen LogP) is -13.2. The van der Waals surface area contributed by atoms with Gasteiger partial charge in [0.15, 0.2) is 53.6 Å². The maximum absolute atomic E-state index is 14.8. The fourth-order valence-electron chi connectivity index (χ4n) is 9.00. The lowest BCUT2D eigenvalue weighted by molar-refractivity contribution is -0.142. The predicted molar refractivity (Wildman–Crippen MR) is 380 cm³/mol. The van der Waals surface area contributed by atoms with Crippen LogP contribution in [0.1, 0.15) is 116 Å². The third-order valence-corrected chi connectivity index (χ3v) is 13.9. The van der Waals surface area contributed by atoms with Crippen molar-refractivity contribution in [2.75, 3.05) is 58.9 Å². The molecule has 46 heteroatoms. The Morgan fingerprint density at radius 1 is 0.220 bits per heavy atom. The molecule has 47 N–H and O–H groups in total. The first-order chi connectivity index (χ1) is 47.1. The van der Waals surface area contributed by atoms with Crippen LogP contribution < -0.4 is 151 Å². The van der Waals surface area contributed by atoms with Gasteiger partial charge >= 0.3 is 5.97 Å². The van der Waals surface area contributed by atoms with Gasteiger partial charge in [-0.25, -0.2) is 4.79 Å². The van der Waals surface area contributed by atoms with Crippen molar-refractivity contribution in [2.45, 2.75) is 170 Å². The van der Waals surface area contributed by atoms with Crippen LogP contribution in [0.25, 0.3) is 0 Å². The Labute approximate surface area is 578 Å². The summed E-state index contributed by atoms with van der Waals surface area (Å²) in [6.45, 7) is -0.0913. The molecule has 566 valence electrons. The van der Waals surface area contributed by atoms with Crippen molar-refractivity contribution in [3.63, 3.8) is 0 Å². The van der Waals surface area contributed by atoms with Crippen molar-refractivity contribution < 1.29 is 48.3 Å². The highest BCUT2D eigenvalue weighted by atomic mass is 16.4. The lowest BCUT2D eigenvalue weighted by Gasteiger charge is -2.28. The molecular weight excluding hydrogens is 1310 g/mol. The normalized spacial score (nSPS) is 13.3. The minimum absolute atomic E-state index is 0.0134. The minimum Gasteiger partial charge on any atom is -0.480 e. The molecule has 9 atom stereocenters. The number of nitrogens with two attached hydrogens (primary N) is 19. The number of amides is 8. The summed E-state index contributed by atoms with van der Waals surface area (Å²) in [4.78, 5) is 163. The van der Waals surface area contributed by atoms with Crippen LogP contribution in [0.4, 0.5) is 0 Å². The Bertz CT molecular complexity index is 2850. The highest BCUT2D eigenvalue weighted by molar-refractivity contribution is 5.98. The Hall–Kier alpha value is -11.4. The van der Waals surface area contributed by atoms with E-state index < -0.39 is 108 Å². The number of carboxylic acid groups (broad SMARTS) is 1. The highest BCUT2D eigenvalue weighted by Crippen LogP contribution is 2.12. The van der Waals surface area contributed by atoms with Crippen LogP contribution in [0.15, 0.2) is 44.9 Å². The quantitative estimate of drug-likeness (QED) is 0.0153. The van der Waals surface area contributed by atoms with Gasteiger partial charge in [-0.15, -0.1) is 0 Å². The van der Waals surface area contributed by atoms with E-state index in [2.05, 4.69) is 87.5 Å². The van der Waals surface area contributed by atoms with Gasteiger partial charge in [0.2, 0.25) is 47.3 Å². The number of rotatable bonds is 53. The first-order valence-corrected chi connectivity index (χ1v) is 32.0. The molecule has 8 amide bonds. The van der Waals surface area contributed by atoms with Crippen LogP contribution in [-0.2, 0) is 43.2 Å². The average molecular weight is 1420 g/mol. The Morgan fingerprint density at radius 2 is 0.350 bits per heavy atom. The van der Waals surface area contributed by atoms with E-state index in [1.807, 2.05) is 0 Å². The number of carbonyl (C=O) groups excluding carboxylic acids is 8. The van der Waals surface area contributed by atoms with Crippen LogP contribution in [0.5, 0.6) is 0 Å². The number of aliphatic imine (C=N–C) groups is 9. The summed E-state index contributed by atoms with van der Waals surface area (Å²) in [6, 6.07) is -13.1. The molecule has 0 aromatic rings. The van der Waals surface area contributed by atoms with E-state index in [1.165, 1.54) is 0 Å². The summed E-state index contributed by atoms with van der Waals surface area (Å²) in [5.74, 6) is -11.2. The molecule has 0 aliphatic heterocycles. The zero-order valence-electron chi connectivity index (χ0n) is 56.4. The first kappa shape index (κ1) is 88.6. The van der Waals surface area contributed by atoms with Gasteiger partial charge in [-0.3, -0.25) is 83.3 Å². The molecule has 0 aliphatic carbocycles. The molecule has 0 saturated heterocycles. The second-order valence-corrected chi connectivity index (χ2v) is 22.5. The fraction of sp³-hybridized carbons (Fsp3) is 0.667. The van der Waals surface area contributed by atoms with Gasteiger partial charge in [0, 0.05) is 58.9 Å². The van der Waals surface area contributed by atoms with E-state index in [1.54, 1.807) is 0 Å². The summed E-state index contributed by atoms with van der Waals surface area (Å²) in [5.41, 5.74) is 106. The lowest BCUT2D eigenvalue weighted by atomic mass is 10.0. The van der Waals surface area contributed by atoms with Crippen LogP contribution in [0.2, 0.25) is 0 Å². The van der Waals surface area contributed by atoms with Gasteiger partial charge in [-0.05, 0) is 116 Å². The van der Waals surface area contributed by atoms with Crippen LogP contribution >= 0.6 is 0 Å². The number of nitrogens with zero attached hydrogens (tertiary/aromatic N) is 9. The smallest absolute Gasteiger partial charge is 0.326 e. The number of carbonyl (C=O) groups is 9. The summed E-state index contributed by atoms with van der Waals surface area (Å²) in [7, 11) is 0. The second kappa shape index (κ2) is 50.9. The fourth-order valence-corrected chi connectivity index (χ4v) is 9.00. The molecule has 0 aromatic heterocycles. The number of aliphatic carboxylic acids is 1. The highest BCUT2D eigenvalue weighted by Gasteiger charge is 2.35. The molecule has 0 unspecified atom stereocenters. The standard InChI is InChI=1S/C54H110N36O10/c55-28(10-1-19-74-46(56)57)37(91)83-29(11-2-20-75-47(58)59)38(92)84-30(12-3-21-76-48(60)61)39(93)85-31(13-4-22-77-49(62)63)40(94)86-32(14-5-23-78-50(64)65)41(95)87-33(15-6-24-79-51(66)67)42(96)88-34(16-7-25-80-52(68)69)43(97)89-35(17-8-26-81-53(70)71)44(98)90-36(45(99)100)18-9-27-82-54(72)73/h28-36H,1-27,55H2,(H,83,91)(H,84,92)(H,85,93)(H,86,94)(H,87,95)(H,88,96)(H,89,97)(H,90,98)(H,99,100)(H4,56,57,74)(H4,58,59,75)(H4,60,61,76)(H4,62,63,77)(H4,64,65,78)(H4,66,67,79)(H4,68,69,80)(H4,70,71,81)(H4,72,73,82)/t28-,29+,30+,31+,32-,33+,34+,35+,36-/m1/s1. The number of hydrogen-bond acceptors (Lipinski definition) is 19. The van der Waals surface area contributed by atoms with Gasteiger partial charge in [0.1, 0.15) is 48.3 Å². The monoisotopic (exact) mass is 1420 g/mol. The molecular formula is C54H110N36O10. The summed E-state index contributed by atoms with van der Waals surface area (Å²) >= 11 is 0. The maximum Gasteiger partial charge on any atom is 0.326 e. The van der Waals surface area contributed by atoms with Crippen molar-refractivity contribution in [2.24, 2.45) is 154 Å². The van der Waals surface area contributed by atoms with Gasteiger partial charge in [-0.1, -0.05) is 0 Å². The Morgan fingerprint density at radius 3 is 0.500 bits per heavy atom.